The molecule has 0 aromatic heterocycles. The molecule has 1 amide bonds. The lowest BCUT2D eigenvalue weighted by Gasteiger charge is -2.21. The molecule has 0 bridgehead atoms. The highest BCUT2D eigenvalue weighted by atomic mass is 16.5. The number of likely N-dealkylation sites (N-methyl/N-ethyl adjacent to an activating group) is 1. The van der Waals surface area contributed by atoms with E-state index in [1.807, 2.05) is 18.2 Å². The van der Waals surface area contributed by atoms with Gasteiger partial charge in [-0.1, -0.05) is 25.1 Å². The number of phenolic OH excluding ortho intramolecular Hbond substituents is 1. The Bertz CT molecular complexity index is 504. The zero-order valence-corrected chi connectivity index (χ0v) is 13.6. The van der Waals surface area contributed by atoms with Gasteiger partial charge in [0.15, 0.2) is 0 Å². The lowest BCUT2D eigenvalue weighted by Crippen LogP contribution is -2.35. The van der Waals surface area contributed by atoms with Crippen molar-refractivity contribution in [1.29, 1.82) is 0 Å². The summed E-state index contributed by atoms with van der Waals surface area (Å²) in [4.78, 5) is 13.5. The first-order valence-corrected chi connectivity index (χ1v) is 7.90. The molecule has 1 aliphatic rings. The number of amides is 1. The Morgan fingerprint density at radius 1 is 1.41 bits per heavy atom. The van der Waals surface area contributed by atoms with Crippen molar-refractivity contribution < 1.29 is 14.6 Å². The Morgan fingerprint density at radius 2 is 2.14 bits per heavy atom. The van der Waals surface area contributed by atoms with E-state index in [-0.39, 0.29) is 24.2 Å². The van der Waals surface area contributed by atoms with Crippen LogP contribution in [0.5, 0.6) is 5.75 Å². The fourth-order valence-electron chi connectivity index (χ4n) is 2.86. The Kier molecular flexibility index (Phi) is 5.80. The van der Waals surface area contributed by atoms with Crippen LogP contribution < -0.4 is 5.32 Å². The predicted molar refractivity (Wildman–Crippen MR) is 85.7 cm³/mol. The predicted octanol–water partition coefficient (Wildman–Crippen LogP) is 2.07. The number of ether oxygens (including phenoxy) is 1. The summed E-state index contributed by atoms with van der Waals surface area (Å²) in [6.45, 7) is 2.77. The van der Waals surface area contributed by atoms with Gasteiger partial charge in [-0.25, -0.2) is 0 Å². The summed E-state index contributed by atoms with van der Waals surface area (Å²) in [5.41, 5.74) is 0.906. The first kappa shape index (κ1) is 16.8. The molecule has 3 unspecified atom stereocenters. The van der Waals surface area contributed by atoms with Gasteiger partial charge in [-0.15, -0.1) is 0 Å². The maximum atomic E-state index is 11.9. The number of rotatable bonds is 6. The first-order valence-electron chi connectivity index (χ1n) is 7.90. The van der Waals surface area contributed by atoms with E-state index in [9.17, 15) is 9.90 Å². The van der Waals surface area contributed by atoms with Crippen LogP contribution in [-0.4, -0.2) is 48.8 Å². The zero-order chi connectivity index (χ0) is 16.1. The quantitative estimate of drug-likeness (QED) is 0.844. The summed E-state index contributed by atoms with van der Waals surface area (Å²) in [6, 6.07) is 7.48. The average molecular weight is 306 g/mol. The van der Waals surface area contributed by atoms with Crippen LogP contribution in [0.2, 0.25) is 0 Å². The second-order valence-corrected chi connectivity index (χ2v) is 5.98. The van der Waals surface area contributed by atoms with Crippen molar-refractivity contribution in [3.63, 3.8) is 0 Å². The van der Waals surface area contributed by atoms with Crippen LogP contribution in [0.25, 0.3) is 0 Å². The monoisotopic (exact) mass is 306 g/mol. The SMILES string of the molecule is CCC(NCC1CCC(C(=O)N(C)C)O1)c1ccccc1O. The molecule has 1 saturated heterocycles. The Balaban J connectivity index is 1.87. The number of benzene rings is 1. The van der Waals surface area contributed by atoms with Gasteiger partial charge in [0.25, 0.3) is 5.91 Å². The number of para-hydroxylation sites is 1. The van der Waals surface area contributed by atoms with E-state index in [1.165, 1.54) is 0 Å². The van der Waals surface area contributed by atoms with Crippen molar-refractivity contribution in [2.75, 3.05) is 20.6 Å². The Morgan fingerprint density at radius 3 is 2.77 bits per heavy atom. The van der Waals surface area contributed by atoms with E-state index in [2.05, 4.69) is 12.2 Å². The molecule has 1 aromatic rings. The van der Waals surface area contributed by atoms with E-state index in [1.54, 1.807) is 25.1 Å². The van der Waals surface area contributed by atoms with Gasteiger partial charge < -0.3 is 20.1 Å². The molecule has 22 heavy (non-hydrogen) atoms. The van der Waals surface area contributed by atoms with E-state index in [4.69, 9.17) is 4.74 Å². The highest BCUT2D eigenvalue weighted by Gasteiger charge is 2.31. The lowest BCUT2D eigenvalue weighted by atomic mass is 10.0. The molecule has 1 fully saturated rings. The van der Waals surface area contributed by atoms with Crippen LogP contribution in [-0.2, 0) is 9.53 Å². The number of hydrogen-bond acceptors (Lipinski definition) is 4. The van der Waals surface area contributed by atoms with Crippen LogP contribution in [0.1, 0.15) is 37.8 Å². The lowest BCUT2D eigenvalue weighted by molar-refractivity contribution is -0.140. The van der Waals surface area contributed by atoms with Gasteiger partial charge in [0.1, 0.15) is 11.9 Å². The molecule has 0 saturated carbocycles. The van der Waals surface area contributed by atoms with Crippen molar-refractivity contribution in [3.05, 3.63) is 29.8 Å². The van der Waals surface area contributed by atoms with Gasteiger partial charge >= 0.3 is 0 Å². The summed E-state index contributed by atoms with van der Waals surface area (Å²) in [5.74, 6) is 0.352. The highest BCUT2D eigenvalue weighted by molar-refractivity contribution is 5.80. The van der Waals surface area contributed by atoms with Crippen LogP contribution in [0, 0.1) is 0 Å². The third-order valence-electron chi connectivity index (χ3n) is 4.14. The van der Waals surface area contributed by atoms with Crippen LogP contribution in [0.4, 0.5) is 0 Å². The summed E-state index contributed by atoms with van der Waals surface area (Å²) in [7, 11) is 3.51. The molecule has 1 aromatic carbocycles. The van der Waals surface area contributed by atoms with Crippen molar-refractivity contribution in [2.24, 2.45) is 0 Å². The highest BCUT2D eigenvalue weighted by Crippen LogP contribution is 2.27. The minimum absolute atomic E-state index is 0.0373. The second-order valence-electron chi connectivity index (χ2n) is 5.98. The third kappa shape index (κ3) is 3.99. The topological polar surface area (TPSA) is 61.8 Å². The van der Waals surface area contributed by atoms with Crippen molar-refractivity contribution >= 4 is 5.91 Å². The molecule has 0 aliphatic carbocycles. The number of nitrogens with zero attached hydrogens (tertiary/aromatic N) is 1. The van der Waals surface area contributed by atoms with E-state index >= 15 is 0 Å². The molecule has 2 rings (SSSR count). The number of carbonyl (C=O) groups is 1. The molecule has 0 radical (unpaired) electrons. The standard InChI is InChI=1S/C17H26N2O3/c1-4-14(13-7-5-6-8-15(13)20)18-11-12-9-10-16(22-12)17(21)19(2)3/h5-8,12,14,16,18,20H,4,9-11H2,1-3H3. The number of phenols is 1. The Labute approximate surface area is 132 Å². The molecule has 1 aliphatic heterocycles. The van der Waals surface area contributed by atoms with Crippen molar-refractivity contribution in [2.45, 2.75) is 44.4 Å². The molecule has 2 N–H and O–H groups in total. The normalized spacial score (nSPS) is 22.5. The summed E-state index contributed by atoms with van der Waals surface area (Å²) in [5, 5.41) is 13.4. The molecular formula is C17H26N2O3. The molecule has 3 atom stereocenters. The van der Waals surface area contributed by atoms with E-state index in [0.717, 1.165) is 24.8 Å². The first-order chi connectivity index (χ1) is 10.5. The molecule has 0 spiro atoms. The number of carbonyl (C=O) groups excluding carboxylic acids is 1. The summed E-state index contributed by atoms with van der Waals surface area (Å²) < 4.78 is 5.83. The van der Waals surface area contributed by atoms with Crippen LogP contribution >= 0.6 is 0 Å². The smallest absolute Gasteiger partial charge is 0.251 e. The number of aromatic hydroxyl groups is 1. The van der Waals surface area contributed by atoms with Crippen molar-refractivity contribution in [1.82, 2.24) is 10.2 Å². The molecule has 5 nitrogen and oxygen atoms in total. The zero-order valence-electron chi connectivity index (χ0n) is 13.6. The molecule has 1 heterocycles. The summed E-state index contributed by atoms with van der Waals surface area (Å²) in [6.07, 6.45) is 2.27. The largest absolute Gasteiger partial charge is 0.508 e. The van der Waals surface area contributed by atoms with Crippen LogP contribution in [0.15, 0.2) is 24.3 Å². The number of hydrogen-bond donors (Lipinski definition) is 2. The van der Waals surface area contributed by atoms with Gasteiger partial charge in [-0.3, -0.25) is 4.79 Å². The molecule has 5 heteroatoms. The van der Waals surface area contributed by atoms with E-state index < -0.39 is 0 Å². The molecular weight excluding hydrogens is 280 g/mol. The van der Waals surface area contributed by atoms with E-state index in [0.29, 0.717) is 12.3 Å². The molecule has 122 valence electrons. The summed E-state index contributed by atoms with van der Waals surface area (Å²) >= 11 is 0. The van der Waals surface area contributed by atoms with Gasteiger partial charge in [0.2, 0.25) is 0 Å². The van der Waals surface area contributed by atoms with Crippen LogP contribution in [0.3, 0.4) is 0 Å². The maximum Gasteiger partial charge on any atom is 0.251 e. The number of nitrogens with one attached hydrogen (secondary N) is 1. The third-order valence-corrected chi connectivity index (χ3v) is 4.14. The van der Waals surface area contributed by atoms with Crippen molar-refractivity contribution in [3.8, 4) is 5.75 Å². The Hall–Kier alpha value is -1.59. The minimum atomic E-state index is -0.313. The second kappa shape index (κ2) is 7.61. The van der Waals surface area contributed by atoms with Gasteiger partial charge in [-0.2, -0.15) is 0 Å². The average Bonchev–Trinajstić information content (AvgIpc) is 2.97. The van der Waals surface area contributed by atoms with Gasteiger partial charge in [-0.05, 0) is 25.3 Å². The van der Waals surface area contributed by atoms with Gasteiger partial charge in [0.05, 0.1) is 6.10 Å². The fourth-order valence-corrected chi connectivity index (χ4v) is 2.86. The fraction of sp³-hybridized carbons (Fsp3) is 0.588. The van der Waals surface area contributed by atoms with Gasteiger partial charge in [0, 0.05) is 32.2 Å². The maximum absolute atomic E-state index is 11.9. The minimum Gasteiger partial charge on any atom is -0.508 e.